The minimum absolute atomic E-state index is 0.0267. The summed E-state index contributed by atoms with van der Waals surface area (Å²) >= 11 is 0. The molecular weight excluding hydrogens is 462 g/mol. The second-order valence-corrected chi connectivity index (χ2v) is 8.07. The fourth-order valence-corrected chi connectivity index (χ4v) is 3.79. The molecule has 0 N–H and O–H groups in total. The van der Waals surface area contributed by atoms with Gasteiger partial charge in [-0.3, -0.25) is 0 Å². The van der Waals surface area contributed by atoms with Crippen LogP contribution in [0.5, 0.6) is 0 Å². The Morgan fingerprint density at radius 2 is 1.06 bits per heavy atom. The first kappa shape index (κ1) is 24.3. The Morgan fingerprint density at radius 1 is 0.571 bits per heavy atom. The number of benzene rings is 4. The van der Waals surface area contributed by atoms with E-state index in [1.165, 1.54) is 18.2 Å². The zero-order chi connectivity index (χ0) is 25.1. The third-order valence-corrected chi connectivity index (χ3v) is 5.66. The topological polar surface area (TPSA) is 0 Å². The normalized spacial score (nSPS) is 12.0. The lowest BCUT2D eigenvalue weighted by Crippen LogP contribution is -1.92. The van der Waals surface area contributed by atoms with Crippen LogP contribution in [0.4, 0.5) is 26.3 Å². The molecule has 4 aromatic carbocycles. The van der Waals surface area contributed by atoms with E-state index < -0.39 is 34.9 Å². The summed E-state index contributed by atoms with van der Waals surface area (Å²) < 4.78 is 83.1. The van der Waals surface area contributed by atoms with E-state index in [0.29, 0.717) is 34.2 Å². The summed E-state index contributed by atoms with van der Waals surface area (Å²) in [6.45, 7) is 1.76. The van der Waals surface area contributed by atoms with Gasteiger partial charge in [-0.2, -0.15) is 0 Å². The summed E-state index contributed by atoms with van der Waals surface area (Å²) in [5.74, 6) is -6.30. The monoisotopic (exact) mass is 482 g/mol. The smallest absolute Gasteiger partial charge is 0.194 e. The van der Waals surface area contributed by atoms with Crippen LogP contribution in [0.15, 0.2) is 84.7 Å². The molecule has 0 amide bonds. The molecule has 0 heterocycles. The average molecular weight is 482 g/mol. The number of allylic oxidation sites excluding steroid dienone is 1. The van der Waals surface area contributed by atoms with Crippen molar-refractivity contribution < 1.29 is 26.3 Å². The van der Waals surface area contributed by atoms with Crippen molar-refractivity contribution in [3.05, 3.63) is 114 Å². The van der Waals surface area contributed by atoms with Crippen LogP contribution in [0.1, 0.15) is 25.3 Å². The van der Waals surface area contributed by atoms with Crippen LogP contribution < -0.4 is 0 Å². The Labute approximate surface area is 199 Å². The lowest BCUT2D eigenvalue weighted by Gasteiger charge is -2.09. The van der Waals surface area contributed by atoms with Gasteiger partial charge in [-0.25, -0.2) is 26.3 Å². The fraction of sp³-hybridized carbons (Fsp3) is 0.103. The van der Waals surface area contributed by atoms with Crippen molar-refractivity contribution in [1.29, 1.82) is 0 Å². The van der Waals surface area contributed by atoms with E-state index in [0.717, 1.165) is 12.1 Å². The number of hydrogen-bond acceptors (Lipinski definition) is 0. The predicted octanol–water partition coefficient (Wildman–Crippen LogP) is 9.65. The highest BCUT2D eigenvalue weighted by Crippen LogP contribution is 2.32. The zero-order valence-electron chi connectivity index (χ0n) is 18.7. The predicted molar refractivity (Wildman–Crippen MR) is 127 cm³/mol. The van der Waals surface area contributed by atoms with Crippen LogP contribution in [0.25, 0.3) is 39.2 Å². The van der Waals surface area contributed by atoms with E-state index >= 15 is 0 Å². The molecule has 0 aliphatic rings. The van der Waals surface area contributed by atoms with Crippen molar-refractivity contribution in [2.24, 2.45) is 0 Å². The van der Waals surface area contributed by atoms with Gasteiger partial charge < -0.3 is 0 Å². The summed E-state index contributed by atoms with van der Waals surface area (Å²) in [5.41, 5.74) is 2.77. The first-order chi connectivity index (χ1) is 16.8. The Kier molecular flexibility index (Phi) is 7.10. The van der Waals surface area contributed by atoms with Crippen molar-refractivity contribution >= 4 is 5.83 Å². The van der Waals surface area contributed by atoms with Gasteiger partial charge in [0.05, 0.1) is 0 Å². The van der Waals surface area contributed by atoms with E-state index in [-0.39, 0.29) is 17.5 Å². The molecule has 0 unspecified atom stereocenters. The largest absolute Gasteiger partial charge is 0.209 e. The molecule has 35 heavy (non-hydrogen) atoms. The maximum atomic E-state index is 14.9. The number of rotatable bonds is 6. The average Bonchev–Trinajstić information content (AvgIpc) is 2.87. The van der Waals surface area contributed by atoms with E-state index in [9.17, 15) is 26.3 Å². The van der Waals surface area contributed by atoms with Gasteiger partial charge in [0, 0.05) is 17.5 Å². The first-order valence-corrected chi connectivity index (χ1v) is 11.0. The Bertz CT molecular complexity index is 1360. The van der Waals surface area contributed by atoms with E-state index in [4.69, 9.17) is 0 Å². The number of hydrogen-bond donors (Lipinski definition) is 0. The second-order valence-electron chi connectivity index (χ2n) is 8.07. The number of halogens is 6. The van der Waals surface area contributed by atoms with Crippen LogP contribution in [0.2, 0.25) is 0 Å². The van der Waals surface area contributed by atoms with Gasteiger partial charge in [0.15, 0.2) is 23.3 Å². The molecule has 4 rings (SSSR count). The third kappa shape index (κ3) is 5.16. The molecule has 6 heteroatoms. The summed E-state index contributed by atoms with van der Waals surface area (Å²) in [6.07, 6.45) is 0.522. The Morgan fingerprint density at radius 3 is 1.63 bits per heavy atom. The second kappa shape index (κ2) is 10.2. The fourth-order valence-electron chi connectivity index (χ4n) is 3.79. The molecule has 178 valence electrons. The van der Waals surface area contributed by atoms with Crippen LogP contribution in [-0.2, 0) is 0 Å². The molecular formula is C29H20F6. The van der Waals surface area contributed by atoms with E-state index in [1.54, 1.807) is 55.5 Å². The van der Waals surface area contributed by atoms with E-state index in [2.05, 4.69) is 0 Å². The van der Waals surface area contributed by atoms with Crippen LogP contribution in [-0.4, -0.2) is 0 Å². The minimum atomic E-state index is -1.53. The van der Waals surface area contributed by atoms with Gasteiger partial charge in [-0.15, -0.1) is 0 Å². The molecule has 0 fully saturated rings. The minimum Gasteiger partial charge on any atom is -0.209 e. The zero-order valence-corrected chi connectivity index (χ0v) is 18.7. The van der Waals surface area contributed by atoms with Crippen LogP contribution in [0.3, 0.4) is 0 Å². The molecule has 0 aliphatic carbocycles. The molecule has 0 saturated carbocycles. The highest BCUT2D eigenvalue weighted by Gasteiger charge is 2.13. The van der Waals surface area contributed by atoms with Gasteiger partial charge in [-0.1, -0.05) is 67.6 Å². The molecule has 0 aromatic heterocycles. The first-order valence-electron chi connectivity index (χ1n) is 11.0. The van der Waals surface area contributed by atoms with E-state index in [1.807, 2.05) is 0 Å². The maximum absolute atomic E-state index is 14.9. The maximum Gasteiger partial charge on any atom is 0.194 e. The van der Waals surface area contributed by atoms with Crippen molar-refractivity contribution in [1.82, 2.24) is 0 Å². The quantitative estimate of drug-likeness (QED) is 0.190. The standard InChI is InChI=1S/C29H20F6/c1-2-3-24(30)28(34)20-10-6-17(7-11-20)21-12-13-23(25(31)14-21)19-8-4-18(5-9-19)22-15-26(32)29(35)27(33)16-22/h4-16H,2-3H2,1H3/b28-24+. The van der Waals surface area contributed by atoms with Crippen molar-refractivity contribution in [3.8, 4) is 33.4 Å². The summed E-state index contributed by atoms with van der Waals surface area (Å²) in [7, 11) is 0. The van der Waals surface area contributed by atoms with Crippen LogP contribution >= 0.6 is 0 Å². The SMILES string of the molecule is CCC/C(F)=C(\F)c1ccc(-c2ccc(-c3ccc(-c4cc(F)c(F)c(F)c4)cc3)c(F)c2)cc1. The van der Waals surface area contributed by atoms with Gasteiger partial charge in [-0.05, 0) is 52.4 Å². The molecule has 0 nitrogen and oxygen atoms in total. The molecule has 0 aliphatic heterocycles. The van der Waals surface area contributed by atoms with Crippen molar-refractivity contribution in [2.45, 2.75) is 19.8 Å². The Balaban J connectivity index is 1.57. The summed E-state index contributed by atoms with van der Waals surface area (Å²) in [5, 5.41) is 0. The molecule has 0 spiro atoms. The van der Waals surface area contributed by atoms with Crippen molar-refractivity contribution in [2.75, 3.05) is 0 Å². The molecule has 0 atom stereocenters. The Hall–Kier alpha value is -3.80. The summed E-state index contributed by atoms with van der Waals surface area (Å²) in [4.78, 5) is 0. The third-order valence-electron chi connectivity index (χ3n) is 5.66. The lowest BCUT2D eigenvalue weighted by atomic mass is 9.97. The highest BCUT2D eigenvalue weighted by molar-refractivity contribution is 5.74. The molecule has 0 saturated heterocycles. The van der Waals surface area contributed by atoms with Crippen molar-refractivity contribution in [3.63, 3.8) is 0 Å². The van der Waals surface area contributed by atoms with Gasteiger partial charge >= 0.3 is 0 Å². The van der Waals surface area contributed by atoms with Gasteiger partial charge in [0.2, 0.25) is 0 Å². The lowest BCUT2D eigenvalue weighted by molar-refractivity contribution is 0.448. The molecule has 0 bridgehead atoms. The summed E-state index contributed by atoms with van der Waals surface area (Å²) in [6, 6.07) is 18.8. The van der Waals surface area contributed by atoms with Crippen LogP contribution in [0, 0.1) is 23.3 Å². The molecule has 0 radical (unpaired) electrons. The van der Waals surface area contributed by atoms with Gasteiger partial charge in [0.25, 0.3) is 0 Å². The molecule has 4 aromatic rings. The highest BCUT2D eigenvalue weighted by atomic mass is 19.2. The van der Waals surface area contributed by atoms with Gasteiger partial charge in [0.1, 0.15) is 11.6 Å².